The van der Waals surface area contributed by atoms with Crippen molar-refractivity contribution < 1.29 is 55.1 Å². The van der Waals surface area contributed by atoms with Crippen LogP contribution in [0.5, 0.6) is 11.5 Å². The molecule has 0 bridgehead atoms. The Morgan fingerprint density at radius 1 is 0.875 bits per heavy atom. The van der Waals surface area contributed by atoms with Crippen LogP contribution in [-0.2, 0) is 14.3 Å². The molecular weight excluding hydrogens is 428 g/mol. The zero-order valence-corrected chi connectivity index (χ0v) is 16.4. The molecule has 1 aliphatic carbocycles. The van der Waals surface area contributed by atoms with Gasteiger partial charge in [0.05, 0.1) is 6.61 Å². The van der Waals surface area contributed by atoms with E-state index >= 15 is 0 Å². The van der Waals surface area contributed by atoms with Crippen molar-refractivity contribution in [1.82, 2.24) is 0 Å². The molecule has 8 N–H and O–H groups in total. The summed E-state index contributed by atoms with van der Waals surface area (Å²) in [6.45, 7) is -0.706. The molecule has 1 aromatic rings. The second-order valence-corrected chi connectivity index (χ2v) is 7.79. The zero-order valence-electron chi connectivity index (χ0n) is 16.4. The molecule has 11 heteroatoms. The lowest BCUT2D eigenvalue weighted by molar-refractivity contribution is -0.222. The van der Waals surface area contributed by atoms with Gasteiger partial charge in [-0.25, -0.2) is 0 Å². The molecule has 4 unspecified atom stereocenters. The number of allylic oxidation sites excluding steroid dienone is 2. The van der Waals surface area contributed by atoms with Gasteiger partial charge in [-0.2, -0.15) is 0 Å². The van der Waals surface area contributed by atoms with Crippen LogP contribution in [0, 0.1) is 5.92 Å². The molecule has 2 aliphatic heterocycles. The maximum absolute atomic E-state index is 12.8. The van der Waals surface area contributed by atoms with E-state index in [1.54, 1.807) is 0 Å². The number of carbonyl (C=O) groups is 1. The highest BCUT2D eigenvalue weighted by atomic mass is 16.5. The Kier molecular flexibility index (Phi) is 5.61. The van der Waals surface area contributed by atoms with Crippen LogP contribution >= 0.6 is 0 Å². The number of phenolic OH excluding ortho intramolecular Hbond substituents is 2. The summed E-state index contributed by atoms with van der Waals surface area (Å²) in [6.07, 6.45) is -7.33. The number of carbonyl (C=O) groups excluding carboxylic acids is 1. The number of ketones is 1. The monoisotopic (exact) mass is 450 g/mol. The summed E-state index contributed by atoms with van der Waals surface area (Å²) < 4.78 is 11.4. The van der Waals surface area contributed by atoms with E-state index in [1.165, 1.54) is 12.1 Å². The van der Waals surface area contributed by atoms with Crippen molar-refractivity contribution in [3.63, 3.8) is 0 Å². The smallest absolute Gasteiger partial charge is 0.174 e. The molecule has 11 nitrogen and oxygen atoms in total. The Hall–Kier alpha value is -3.09. The van der Waals surface area contributed by atoms with E-state index < -0.39 is 77.9 Å². The highest BCUT2D eigenvalue weighted by Gasteiger charge is 2.52. The van der Waals surface area contributed by atoms with Crippen LogP contribution in [0.1, 0.15) is 5.56 Å². The summed E-state index contributed by atoms with van der Waals surface area (Å²) >= 11 is 0. The SMILES string of the molecule is O=C1C=C(c2ccc(O)c(O)c2)OC2C(C3OC(CO)[C@@H](O)[C@H](O)[C@H]3O)=C(O)C=C(O)C12. The van der Waals surface area contributed by atoms with Gasteiger partial charge in [-0.15, -0.1) is 0 Å². The first-order valence-electron chi connectivity index (χ1n) is 9.72. The normalized spacial score (nSPS) is 35.0. The fourth-order valence-electron chi connectivity index (χ4n) is 4.10. The first-order chi connectivity index (χ1) is 15.1. The van der Waals surface area contributed by atoms with Crippen molar-refractivity contribution in [2.75, 3.05) is 6.61 Å². The Bertz CT molecular complexity index is 1020. The van der Waals surface area contributed by atoms with Gasteiger partial charge in [0.25, 0.3) is 0 Å². The molecule has 1 fully saturated rings. The summed E-state index contributed by atoms with van der Waals surface area (Å²) in [4.78, 5) is 12.8. The van der Waals surface area contributed by atoms with E-state index in [2.05, 4.69) is 0 Å². The second-order valence-electron chi connectivity index (χ2n) is 7.79. The number of ether oxygens (including phenoxy) is 2. The molecule has 4 rings (SSSR count). The van der Waals surface area contributed by atoms with E-state index in [0.29, 0.717) is 0 Å². The number of hydrogen-bond acceptors (Lipinski definition) is 11. The minimum atomic E-state index is -1.76. The Morgan fingerprint density at radius 3 is 2.25 bits per heavy atom. The van der Waals surface area contributed by atoms with Crippen LogP contribution in [0.25, 0.3) is 5.76 Å². The molecule has 172 valence electrons. The summed E-state index contributed by atoms with van der Waals surface area (Å²) in [5, 5.41) is 80.3. The third-order valence-corrected chi connectivity index (χ3v) is 5.80. The minimum Gasteiger partial charge on any atom is -0.511 e. The number of rotatable bonds is 3. The molecular formula is C21H22O11. The van der Waals surface area contributed by atoms with Crippen molar-refractivity contribution in [3.05, 3.63) is 53.0 Å². The van der Waals surface area contributed by atoms with Gasteiger partial charge >= 0.3 is 0 Å². The number of aliphatic hydroxyl groups is 6. The minimum absolute atomic E-state index is 0.0591. The van der Waals surface area contributed by atoms with Crippen molar-refractivity contribution in [2.24, 2.45) is 5.92 Å². The number of fused-ring (bicyclic) bond motifs is 1. The molecule has 0 saturated carbocycles. The number of phenols is 2. The summed E-state index contributed by atoms with van der Waals surface area (Å²) in [5.74, 6) is -3.94. The van der Waals surface area contributed by atoms with E-state index in [0.717, 1.165) is 18.2 Å². The molecule has 2 heterocycles. The number of hydrogen-bond donors (Lipinski definition) is 8. The average Bonchev–Trinajstić information content (AvgIpc) is 2.74. The fraction of sp³-hybridized carbons (Fsp3) is 0.381. The standard InChI is InChI=1S/C21H22O11/c22-6-14-17(28)18(29)19(30)21(32-14)16-11(26)4-10(25)15-12(27)5-13(31-20(15)16)7-1-2-8(23)9(24)3-7/h1-5,14-15,17-26,28-30H,6H2/t14?,15?,17-,18+,19-,20?,21?/m1/s1. The molecule has 0 radical (unpaired) electrons. The van der Waals surface area contributed by atoms with Gasteiger partial charge in [0, 0.05) is 23.3 Å². The predicted octanol–water partition coefficient (Wildman–Crippen LogP) is -0.867. The Balaban J connectivity index is 1.76. The van der Waals surface area contributed by atoms with Crippen LogP contribution < -0.4 is 0 Å². The average molecular weight is 450 g/mol. The quantitative estimate of drug-likeness (QED) is 0.267. The van der Waals surface area contributed by atoms with Crippen molar-refractivity contribution in [2.45, 2.75) is 36.6 Å². The van der Waals surface area contributed by atoms with Crippen molar-refractivity contribution in [3.8, 4) is 11.5 Å². The van der Waals surface area contributed by atoms with E-state index in [-0.39, 0.29) is 16.9 Å². The second kappa shape index (κ2) is 8.11. The van der Waals surface area contributed by atoms with Crippen LogP contribution in [0.3, 0.4) is 0 Å². The van der Waals surface area contributed by atoms with Gasteiger partial charge in [-0.3, -0.25) is 4.79 Å². The molecule has 1 saturated heterocycles. The maximum Gasteiger partial charge on any atom is 0.174 e. The van der Waals surface area contributed by atoms with Gasteiger partial charge in [0.2, 0.25) is 0 Å². The molecule has 0 spiro atoms. The third kappa shape index (κ3) is 3.49. The highest BCUT2D eigenvalue weighted by Crippen LogP contribution is 2.42. The van der Waals surface area contributed by atoms with E-state index in [9.17, 15) is 45.6 Å². The number of aromatic hydroxyl groups is 2. The summed E-state index contributed by atoms with van der Waals surface area (Å²) in [7, 11) is 0. The molecule has 3 aliphatic rings. The molecule has 0 aromatic heterocycles. The van der Waals surface area contributed by atoms with E-state index in [4.69, 9.17) is 9.47 Å². The largest absolute Gasteiger partial charge is 0.511 e. The van der Waals surface area contributed by atoms with Crippen molar-refractivity contribution >= 4 is 11.5 Å². The van der Waals surface area contributed by atoms with Gasteiger partial charge in [0.15, 0.2) is 17.3 Å². The fourth-order valence-corrected chi connectivity index (χ4v) is 4.10. The van der Waals surface area contributed by atoms with Crippen molar-refractivity contribution in [1.29, 1.82) is 0 Å². The lowest BCUT2D eigenvalue weighted by Gasteiger charge is -2.44. The van der Waals surface area contributed by atoms with Gasteiger partial charge in [-0.1, -0.05) is 0 Å². The van der Waals surface area contributed by atoms with Gasteiger partial charge < -0.3 is 50.3 Å². The first-order valence-corrected chi connectivity index (χ1v) is 9.72. The Labute approximate surface area is 181 Å². The lowest BCUT2D eigenvalue weighted by atomic mass is 9.78. The first kappa shape index (κ1) is 22.1. The van der Waals surface area contributed by atoms with E-state index in [1.807, 2.05) is 0 Å². The molecule has 0 amide bonds. The molecule has 1 aromatic carbocycles. The number of benzene rings is 1. The molecule has 7 atom stereocenters. The Morgan fingerprint density at radius 2 is 1.59 bits per heavy atom. The highest BCUT2D eigenvalue weighted by molar-refractivity contribution is 6.01. The van der Waals surface area contributed by atoms with Gasteiger partial charge in [0.1, 0.15) is 59.8 Å². The third-order valence-electron chi connectivity index (χ3n) is 5.80. The van der Waals surface area contributed by atoms with Gasteiger partial charge in [-0.05, 0) is 18.2 Å². The summed E-state index contributed by atoms with van der Waals surface area (Å²) in [6, 6.07) is 3.68. The lowest BCUT2D eigenvalue weighted by Crippen LogP contribution is -2.60. The topological polar surface area (TPSA) is 197 Å². The zero-order chi connectivity index (χ0) is 23.3. The summed E-state index contributed by atoms with van der Waals surface area (Å²) in [5.41, 5.74) is 0.0143. The van der Waals surface area contributed by atoms with Crippen LogP contribution in [0.15, 0.2) is 47.4 Å². The van der Waals surface area contributed by atoms with Crippen LogP contribution in [-0.4, -0.2) is 89.9 Å². The van der Waals surface area contributed by atoms with Crippen LogP contribution in [0.4, 0.5) is 0 Å². The van der Waals surface area contributed by atoms with Crippen LogP contribution in [0.2, 0.25) is 0 Å². The molecule has 32 heavy (non-hydrogen) atoms. The predicted molar refractivity (Wildman–Crippen MR) is 105 cm³/mol. The number of aliphatic hydroxyl groups excluding tert-OH is 6. The maximum atomic E-state index is 12.8.